The second-order valence-electron chi connectivity index (χ2n) is 7.16. The normalized spacial score (nSPS) is 12.9. The van der Waals surface area contributed by atoms with Crippen LogP contribution in [0.5, 0.6) is 0 Å². The summed E-state index contributed by atoms with van der Waals surface area (Å²) in [5.74, 6) is -0.892. The number of nitrogens with one attached hydrogen (secondary N) is 1. The number of hydrogen-bond acceptors (Lipinski definition) is 4. The lowest BCUT2D eigenvalue weighted by Gasteiger charge is -2.25. The van der Waals surface area contributed by atoms with Crippen LogP contribution in [0.25, 0.3) is 11.1 Å². The number of anilines is 1. The number of benzene rings is 2. The van der Waals surface area contributed by atoms with Crippen molar-refractivity contribution in [3.63, 3.8) is 0 Å². The molecule has 3 amide bonds. The van der Waals surface area contributed by atoms with Crippen LogP contribution >= 0.6 is 11.3 Å². The predicted molar refractivity (Wildman–Crippen MR) is 117 cm³/mol. The maximum Gasteiger partial charge on any atom is 0.256 e. The van der Waals surface area contributed by atoms with Crippen LogP contribution in [0.3, 0.4) is 0 Å². The fraction of sp³-hybridized carbons (Fsp3) is 0.174. The first-order chi connectivity index (χ1) is 14.4. The van der Waals surface area contributed by atoms with Crippen LogP contribution < -0.4 is 11.1 Å². The molecule has 7 heteroatoms. The molecule has 152 valence electrons. The third-order valence-corrected chi connectivity index (χ3v) is 6.36. The Kier molecular flexibility index (Phi) is 5.37. The van der Waals surface area contributed by atoms with Crippen LogP contribution in [0.15, 0.2) is 54.6 Å². The van der Waals surface area contributed by atoms with Gasteiger partial charge in [-0.25, -0.2) is 0 Å². The van der Waals surface area contributed by atoms with Crippen molar-refractivity contribution in [1.29, 1.82) is 0 Å². The summed E-state index contributed by atoms with van der Waals surface area (Å²) in [6.07, 6.45) is 0.547. The van der Waals surface area contributed by atoms with Crippen molar-refractivity contribution < 1.29 is 14.4 Å². The summed E-state index contributed by atoms with van der Waals surface area (Å²) >= 11 is 1.31. The minimum atomic E-state index is -0.571. The molecular weight excluding hydrogens is 398 g/mol. The Balaban J connectivity index is 1.57. The first-order valence-electron chi connectivity index (χ1n) is 9.60. The molecule has 1 aliphatic rings. The number of nitrogens with two attached hydrogens (primary N) is 1. The lowest BCUT2D eigenvalue weighted by atomic mass is 10.0. The molecule has 6 nitrogen and oxygen atoms in total. The molecule has 0 saturated heterocycles. The first kappa shape index (κ1) is 19.8. The molecule has 2 aromatic carbocycles. The number of fused-ring (bicyclic) bond motifs is 1. The zero-order chi connectivity index (χ0) is 21.3. The lowest BCUT2D eigenvalue weighted by molar-refractivity contribution is -0.129. The van der Waals surface area contributed by atoms with Crippen molar-refractivity contribution in [1.82, 2.24) is 4.90 Å². The van der Waals surface area contributed by atoms with Crippen LogP contribution in [-0.2, 0) is 17.8 Å². The summed E-state index contributed by atoms with van der Waals surface area (Å²) in [4.78, 5) is 39.2. The zero-order valence-electron chi connectivity index (χ0n) is 16.5. The van der Waals surface area contributed by atoms with E-state index in [0.717, 1.165) is 21.6 Å². The van der Waals surface area contributed by atoms with Gasteiger partial charge >= 0.3 is 0 Å². The fourth-order valence-corrected chi connectivity index (χ4v) is 4.90. The Morgan fingerprint density at radius 2 is 1.67 bits per heavy atom. The third kappa shape index (κ3) is 3.84. The lowest BCUT2D eigenvalue weighted by Crippen LogP contribution is -2.34. The highest BCUT2D eigenvalue weighted by molar-refractivity contribution is 7.17. The van der Waals surface area contributed by atoms with Crippen LogP contribution in [-0.4, -0.2) is 29.2 Å². The van der Waals surface area contributed by atoms with Crippen LogP contribution in [0.2, 0.25) is 0 Å². The molecule has 1 aliphatic heterocycles. The van der Waals surface area contributed by atoms with Gasteiger partial charge in [0.15, 0.2) is 0 Å². The van der Waals surface area contributed by atoms with E-state index in [1.807, 2.05) is 42.5 Å². The summed E-state index contributed by atoms with van der Waals surface area (Å²) in [6, 6.07) is 17.2. The van der Waals surface area contributed by atoms with Gasteiger partial charge in [0, 0.05) is 23.9 Å². The van der Waals surface area contributed by atoms with E-state index in [9.17, 15) is 14.4 Å². The van der Waals surface area contributed by atoms with E-state index < -0.39 is 5.91 Å². The number of rotatable bonds is 4. The van der Waals surface area contributed by atoms with E-state index in [0.29, 0.717) is 35.6 Å². The van der Waals surface area contributed by atoms with E-state index in [4.69, 9.17) is 5.73 Å². The molecule has 0 saturated carbocycles. The molecule has 0 fully saturated rings. The second-order valence-corrected chi connectivity index (χ2v) is 8.27. The summed E-state index contributed by atoms with van der Waals surface area (Å²) in [5, 5.41) is 3.28. The van der Waals surface area contributed by atoms with Crippen LogP contribution in [0, 0.1) is 0 Å². The summed E-state index contributed by atoms with van der Waals surface area (Å²) in [5.41, 5.74) is 9.37. The number of carbonyl (C=O) groups excluding carboxylic acids is 3. The zero-order valence-corrected chi connectivity index (χ0v) is 17.3. The average Bonchev–Trinajstić information content (AvgIpc) is 3.11. The van der Waals surface area contributed by atoms with Gasteiger partial charge in [0.05, 0.1) is 12.1 Å². The van der Waals surface area contributed by atoms with Gasteiger partial charge < -0.3 is 16.0 Å². The van der Waals surface area contributed by atoms with Crippen molar-refractivity contribution in [2.45, 2.75) is 19.9 Å². The monoisotopic (exact) mass is 419 g/mol. The minimum absolute atomic E-state index is 0.0150. The summed E-state index contributed by atoms with van der Waals surface area (Å²) < 4.78 is 0. The molecule has 0 spiro atoms. The number of primary amides is 1. The molecule has 2 heterocycles. The van der Waals surface area contributed by atoms with Gasteiger partial charge in [-0.05, 0) is 35.2 Å². The highest BCUT2D eigenvalue weighted by Gasteiger charge is 2.28. The number of thiophene rings is 1. The molecule has 30 heavy (non-hydrogen) atoms. The minimum Gasteiger partial charge on any atom is -0.365 e. The van der Waals surface area contributed by atoms with Crippen molar-refractivity contribution in [3.8, 4) is 11.1 Å². The standard InChI is InChI=1S/C23H21N3O3S/c1-14(27)26-12-11-18-19(13-26)30-23(20(18)21(24)28)25-22(29)17-9-7-16(8-10-17)15-5-3-2-4-6-15/h2-10H,11-13H2,1H3,(H2,24,28)(H,25,29). The molecule has 3 N–H and O–H groups in total. The Morgan fingerprint density at radius 3 is 2.30 bits per heavy atom. The second kappa shape index (κ2) is 8.12. The van der Waals surface area contributed by atoms with E-state index in [2.05, 4.69) is 5.32 Å². The Labute approximate surface area is 178 Å². The third-order valence-electron chi connectivity index (χ3n) is 5.23. The summed E-state index contributed by atoms with van der Waals surface area (Å²) in [6.45, 7) is 2.49. The van der Waals surface area contributed by atoms with Gasteiger partial charge in [-0.15, -0.1) is 11.3 Å². The summed E-state index contributed by atoms with van der Waals surface area (Å²) in [7, 11) is 0. The van der Waals surface area contributed by atoms with Gasteiger partial charge in [0.1, 0.15) is 5.00 Å². The van der Waals surface area contributed by atoms with Crippen molar-refractivity contribution in [2.75, 3.05) is 11.9 Å². The van der Waals surface area contributed by atoms with E-state index >= 15 is 0 Å². The molecule has 3 aromatic rings. The quantitative estimate of drug-likeness (QED) is 0.676. The van der Waals surface area contributed by atoms with Gasteiger partial charge in [-0.3, -0.25) is 14.4 Å². The van der Waals surface area contributed by atoms with E-state index in [-0.39, 0.29) is 11.8 Å². The molecule has 0 bridgehead atoms. The van der Waals surface area contributed by atoms with Crippen molar-refractivity contribution in [2.24, 2.45) is 5.73 Å². The van der Waals surface area contributed by atoms with Crippen LogP contribution in [0.4, 0.5) is 5.00 Å². The van der Waals surface area contributed by atoms with E-state index in [1.54, 1.807) is 17.0 Å². The molecule has 4 rings (SSSR count). The molecule has 0 aliphatic carbocycles. The highest BCUT2D eigenvalue weighted by atomic mass is 32.1. The molecule has 0 atom stereocenters. The predicted octanol–water partition coefficient (Wildman–Crippen LogP) is 3.67. The Bertz CT molecular complexity index is 1120. The smallest absolute Gasteiger partial charge is 0.256 e. The van der Waals surface area contributed by atoms with Gasteiger partial charge in [-0.2, -0.15) is 0 Å². The van der Waals surface area contributed by atoms with Gasteiger partial charge in [-0.1, -0.05) is 42.5 Å². The molecule has 0 unspecified atom stereocenters. The molecular formula is C23H21N3O3S. The van der Waals surface area contributed by atoms with Crippen LogP contribution in [0.1, 0.15) is 38.1 Å². The number of hydrogen-bond donors (Lipinski definition) is 2. The molecule has 0 radical (unpaired) electrons. The molecule has 1 aromatic heterocycles. The largest absolute Gasteiger partial charge is 0.365 e. The number of amides is 3. The van der Waals surface area contributed by atoms with Crippen molar-refractivity contribution in [3.05, 3.63) is 76.2 Å². The topological polar surface area (TPSA) is 92.5 Å². The van der Waals surface area contributed by atoms with Gasteiger partial charge in [0.2, 0.25) is 5.91 Å². The van der Waals surface area contributed by atoms with E-state index in [1.165, 1.54) is 18.3 Å². The first-order valence-corrected chi connectivity index (χ1v) is 10.4. The van der Waals surface area contributed by atoms with Gasteiger partial charge in [0.25, 0.3) is 11.8 Å². The maximum atomic E-state index is 12.8. The fourth-order valence-electron chi connectivity index (χ4n) is 3.64. The number of nitrogens with zero attached hydrogens (tertiary/aromatic N) is 1. The maximum absolute atomic E-state index is 12.8. The highest BCUT2D eigenvalue weighted by Crippen LogP contribution is 2.37. The van der Waals surface area contributed by atoms with Crippen molar-refractivity contribution >= 4 is 34.1 Å². The average molecular weight is 420 g/mol. The SMILES string of the molecule is CC(=O)N1CCc2c(sc(NC(=O)c3ccc(-c4ccccc4)cc3)c2C(N)=O)C1. The Morgan fingerprint density at radius 1 is 1.00 bits per heavy atom. The number of carbonyl (C=O) groups is 3. The Hall–Kier alpha value is -3.45.